The van der Waals surface area contributed by atoms with Crippen molar-refractivity contribution in [1.29, 1.82) is 0 Å². The molecule has 0 aliphatic carbocycles. The first-order valence-corrected chi connectivity index (χ1v) is 11.9. The number of piperidine rings is 1. The summed E-state index contributed by atoms with van der Waals surface area (Å²) in [4.78, 5) is 13.8. The van der Waals surface area contributed by atoms with Gasteiger partial charge in [0.2, 0.25) is 5.89 Å². The predicted molar refractivity (Wildman–Crippen MR) is 148 cm³/mol. The maximum Gasteiger partial charge on any atom is 0.208 e. The van der Waals surface area contributed by atoms with Crippen LogP contribution < -0.4 is 15.5 Å². The van der Waals surface area contributed by atoms with Gasteiger partial charge in [-0.15, -0.1) is 24.0 Å². The normalized spacial score (nSPS) is 15.2. The summed E-state index contributed by atoms with van der Waals surface area (Å²) in [6.07, 6.45) is 2.36. The van der Waals surface area contributed by atoms with E-state index >= 15 is 0 Å². The van der Waals surface area contributed by atoms with Gasteiger partial charge in [-0.25, -0.2) is 4.98 Å². The number of hydrogen-bond acceptors (Lipinski definition) is 5. The first-order valence-electron chi connectivity index (χ1n) is 11.9. The summed E-state index contributed by atoms with van der Waals surface area (Å²) < 4.78 is 5.74. The number of aliphatic imine (C=N–C) groups is 1. The van der Waals surface area contributed by atoms with E-state index in [1.165, 1.54) is 24.1 Å². The summed E-state index contributed by atoms with van der Waals surface area (Å²) >= 11 is 0. The van der Waals surface area contributed by atoms with Crippen LogP contribution in [0.1, 0.15) is 42.7 Å². The number of likely N-dealkylation sites (tertiary alicyclic amines) is 1. The first-order chi connectivity index (χ1) is 15.5. The molecule has 3 rings (SSSR count). The number of rotatable bonds is 9. The van der Waals surface area contributed by atoms with E-state index in [0.29, 0.717) is 5.92 Å². The number of aromatic nitrogens is 1. The molecule has 0 amide bonds. The molecule has 184 valence electrons. The van der Waals surface area contributed by atoms with E-state index in [0.717, 1.165) is 69.1 Å². The van der Waals surface area contributed by atoms with Crippen molar-refractivity contribution in [2.75, 3.05) is 51.2 Å². The van der Waals surface area contributed by atoms with E-state index in [1.54, 1.807) is 0 Å². The summed E-state index contributed by atoms with van der Waals surface area (Å²) in [6.45, 7) is 15.1. The lowest BCUT2D eigenvalue weighted by Crippen LogP contribution is -2.44. The zero-order chi connectivity index (χ0) is 22.9. The fourth-order valence-electron chi connectivity index (χ4n) is 4.21. The van der Waals surface area contributed by atoms with Gasteiger partial charge in [-0.2, -0.15) is 0 Å². The third-order valence-electron chi connectivity index (χ3n) is 6.34. The molecule has 2 N–H and O–H groups in total. The van der Waals surface area contributed by atoms with Gasteiger partial charge in [0.25, 0.3) is 0 Å². The molecule has 0 atom stereocenters. The second-order valence-corrected chi connectivity index (χ2v) is 8.77. The smallest absolute Gasteiger partial charge is 0.208 e. The maximum atomic E-state index is 5.74. The van der Waals surface area contributed by atoms with Crippen molar-refractivity contribution in [2.45, 2.75) is 47.1 Å². The van der Waals surface area contributed by atoms with E-state index in [1.807, 2.05) is 20.9 Å². The fourth-order valence-corrected chi connectivity index (χ4v) is 4.21. The predicted octanol–water partition coefficient (Wildman–Crippen LogP) is 4.12. The van der Waals surface area contributed by atoms with Gasteiger partial charge in [-0.1, -0.05) is 12.1 Å². The topological polar surface area (TPSA) is 68.9 Å². The molecule has 2 heterocycles. The quantitative estimate of drug-likeness (QED) is 0.270. The van der Waals surface area contributed by atoms with Crippen molar-refractivity contribution < 1.29 is 4.42 Å². The van der Waals surface area contributed by atoms with Crippen LogP contribution in [0.2, 0.25) is 0 Å². The molecule has 2 aromatic rings. The average molecular weight is 569 g/mol. The lowest BCUT2D eigenvalue weighted by molar-refractivity contribution is 0.164. The molecule has 0 saturated carbocycles. The van der Waals surface area contributed by atoms with Crippen molar-refractivity contribution >= 4 is 35.6 Å². The van der Waals surface area contributed by atoms with Crippen LogP contribution >= 0.6 is 24.0 Å². The van der Waals surface area contributed by atoms with Gasteiger partial charge in [-0.05, 0) is 77.2 Å². The Morgan fingerprint density at radius 1 is 1.21 bits per heavy atom. The highest BCUT2D eigenvalue weighted by Gasteiger charge is 2.21. The molecular formula is C25H41IN6O. The molecule has 0 radical (unpaired) electrons. The van der Waals surface area contributed by atoms with Crippen molar-refractivity contribution in [2.24, 2.45) is 10.9 Å². The molecule has 7 nitrogen and oxygen atoms in total. The number of guanidine groups is 1. The Morgan fingerprint density at radius 2 is 1.97 bits per heavy atom. The van der Waals surface area contributed by atoms with E-state index in [4.69, 9.17) is 4.42 Å². The maximum absolute atomic E-state index is 5.74. The van der Waals surface area contributed by atoms with Gasteiger partial charge in [0.05, 0.1) is 12.2 Å². The highest BCUT2D eigenvalue weighted by atomic mass is 127. The average Bonchev–Trinajstić information content (AvgIpc) is 3.11. The van der Waals surface area contributed by atoms with Gasteiger partial charge in [0.15, 0.2) is 5.96 Å². The Kier molecular flexibility index (Phi) is 11.5. The fraction of sp³-hybridized carbons (Fsp3) is 0.600. The van der Waals surface area contributed by atoms with Gasteiger partial charge in [-0.3, -0.25) is 9.89 Å². The van der Waals surface area contributed by atoms with Gasteiger partial charge in [0.1, 0.15) is 5.76 Å². The van der Waals surface area contributed by atoms with Gasteiger partial charge < -0.3 is 20.0 Å². The SMILES string of the molecule is CCN(CCNC(=NC)NCC1CCN(Cc2nc(C)c(C)o2)CC1)c1cccc(C)c1.I. The molecule has 33 heavy (non-hydrogen) atoms. The van der Waals surface area contributed by atoms with Crippen LogP contribution in [0.4, 0.5) is 5.69 Å². The highest BCUT2D eigenvalue weighted by Crippen LogP contribution is 2.19. The largest absolute Gasteiger partial charge is 0.444 e. The molecule has 0 bridgehead atoms. The van der Waals surface area contributed by atoms with Crippen LogP contribution in [0.25, 0.3) is 0 Å². The van der Waals surface area contributed by atoms with Gasteiger partial charge in [0, 0.05) is 38.9 Å². The van der Waals surface area contributed by atoms with Crippen molar-refractivity contribution in [3.8, 4) is 0 Å². The van der Waals surface area contributed by atoms with E-state index in [-0.39, 0.29) is 24.0 Å². The zero-order valence-electron chi connectivity index (χ0n) is 20.9. The van der Waals surface area contributed by atoms with Crippen LogP contribution in [-0.4, -0.2) is 62.2 Å². The number of hydrogen-bond donors (Lipinski definition) is 2. The minimum absolute atomic E-state index is 0. The lowest BCUT2D eigenvalue weighted by atomic mass is 9.97. The van der Waals surface area contributed by atoms with E-state index < -0.39 is 0 Å². The minimum atomic E-state index is 0. The summed E-state index contributed by atoms with van der Waals surface area (Å²) in [5, 5.41) is 7.00. The Bertz CT molecular complexity index is 856. The molecule has 1 aliphatic rings. The van der Waals surface area contributed by atoms with Crippen LogP contribution in [0.15, 0.2) is 33.7 Å². The highest BCUT2D eigenvalue weighted by molar-refractivity contribution is 14.0. The Balaban J connectivity index is 0.00000385. The van der Waals surface area contributed by atoms with Gasteiger partial charge >= 0.3 is 0 Å². The van der Waals surface area contributed by atoms with Crippen LogP contribution in [0, 0.1) is 26.7 Å². The second-order valence-electron chi connectivity index (χ2n) is 8.77. The zero-order valence-corrected chi connectivity index (χ0v) is 23.2. The molecule has 1 aromatic carbocycles. The third kappa shape index (κ3) is 8.48. The second kappa shape index (κ2) is 13.8. The Hall–Kier alpha value is -1.81. The molecule has 1 aromatic heterocycles. The Morgan fingerprint density at radius 3 is 2.58 bits per heavy atom. The number of halogens is 1. The van der Waals surface area contributed by atoms with Crippen molar-refractivity contribution in [3.63, 3.8) is 0 Å². The number of nitrogens with one attached hydrogen (secondary N) is 2. The summed E-state index contributed by atoms with van der Waals surface area (Å²) in [5.74, 6) is 3.32. The van der Waals surface area contributed by atoms with Crippen LogP contribution in [0.5, 0.6) is 0 Å². The molecular weight excluding hydrogens is 527 g/mol. The molecule has 0 unspecified atom stereocenters. The summed E-state index contributed by atoms with van der Waals surface area (Å²) in [7, 11) is 1.84. The number of aryl methyl sites for hydroxylation is 3. The first kappa shape index (κ1) is 27.4. The molecule has 0 spiro atoms. The molecule has 8 heteroatoms. The van der Waals surface area contributed by atoms with E-state index in [2.05, 4.69) is 68.5 Å². The number of oxazole rings is 1. The molecule has 1 saturated heterocycles. The molecule has 1 aliphatic heterocycles. The number of benzene rings is 1. The third-order valence-corrected chi connectivity index (χ3v) is 6.34. The standard InChI is InChI=1S/C25H40N6O.HI/c1-6-31(23-9-7-8-19(2)16-23)15-12-27-25(26-5)28-17-22-10-13-30(14-11-22)18-24-29-20(3)21(4)32-24;/h7-9,16,22H,6,10-15,17-18H2,1-5H3,(H2,26,27,28);1H. The van der Waals surface area contributed by atoms with E-state index in [9.17, 15) is 0 Å². The minimum Gasteiger partial charge on any atom is -0.444 e. The summed E-state index contributed by atoms with van der Waals surface area (Å²) in [5.41, 5.74) is 3.57. The number of anilines is 1. The van der Waals surface area contributed by atoms with Crippen molar-refractivity contribution in [1.82, 2.24) is 20.5 Å². The van der Waals surface area contributed by atoms with Crippen LogP contribution in [0.3, 0.4) is 0 Å². The van der Waals surface area contributed by atoms with Crippen LogP contribution in [-0.2, 0) is 6.54 Å². The monoisotopic (exact) mass is 568 g/mol. The summed E-state index contributed by atoms with van der Waals surface area (Å²) in [6, 6.07) is 8.69. The lowest BCUT2D eigenvalue weighted by Gasteiger charge is -2.31. The Labute approximate surface area is 216 Å². The number of nitrogens with zero attached hydrogens (tertiary/aromatic N) is 4. The molecule has 1 fully saturated rings. The number of likely N-dealkylation sites (N-methyl/N-ethyl adjacent to an activating group) is 1. The van der Waals surface area contributed by atoms with Crippen molar-refractivity contribution in [3.05, 3.63) is 47.2 Å².